The van der Waals surface area contributed by atoms with E-state index in [1.54, 1.807) is 30.9 Å². The van der Waals surface area contributed by atoms with Gasteiger partial charge in [0.15, 0.2) is 0 Å². The van der Waals surface area contributed by atoms with E-state index < -0.39 is 5.54 Å². The van der Waals surface area contributed by atoms with Crippen molar-refractivity contribution >= 4 is 17.5 Å². The highest BCUT2D eigenvalue weighted by Gasteiger charge is 2.40. The van der Waals surface area contributed by atoms with E-state index in [9.17, 15) is 9.59 Å². The summed E-state index contributed by atoms with van der Waals surface area (Å²) in [6.45, 7) is 4.57. The van der Waals surface area contributed by atoms with Crippen LogP contribution in [0.1, 0.15) is 24.2 Å². The number of nitrogens with zero attached hydrogens (tertiary/aromatic N) is 1. The molecule has 5 nitrogen and oxygen atoms in total. The van der Waals surface area contributed by atoms with Gasteiger partial charge in [-0.05, 0) is 38.1 Å². The summed E-state index contributed by atoms with van der Waals surface area (Å²) in [5.74, 6) is -0.221. The van der Waals surface area contributed by atoms with Gasteiger partial charge in [-0.1, -0.05) is 0 Å². The van der Waals surface area contributed by atoms with Crippen LogP contribution in [-0.2, 0) is 4.79 Å². The molecule has 1 heterocycles. The predicted molar refractivity (Wildman–Crippen MR) is 74.1 cm³/mol. The molecule has 0 unspecified atom stereocenters. The summed E-state index contributed by atoms with van der Waals surface area (Å²) in [5.41, 5.74) is 0.741. The lowest BCUT2D eigenvalue weighted by Crippen LogP contribution is -2.63. The van der Waals surface area contributed by atoms with Crippen molar-refractivity contribution in [2.75, 3.05) is 25.5 Å². The number of rotatable bonds is 2. The lowest BCUT2D eigenvalue weighted by molar-refractivity contribution is -0.133. The van der Waals surface area contributed by atoms with Gasteiger partial charge in [0.05, 0.1) is 0 Å². The molecule has 1 aliphatic rings. The SMILES string of the molecule is CNc1ccc(C(=O)N2CCNC(=O)C2(C)C)cc1. The number of anilines is 1. The highest BCUT2D eigenvalue weighted by molar-refractivity contribution is 5.99. The molecule has 2 amide bonds. The second kappa shape index (κ2) is 4.91. The van der Waals surface area contributed by atoms with Crippen LogP contribution >= 0.6 is 0 Å². The number of benzene rings is 1. The van der Waals surface area contributed by atoms with Crippen molar-refractivity contribution in [3.05, 3.63) is 29.8 Å². The zero-order chi connectivity index (χ0) is 14.0. The molecule has 1 saturated heterocycles. The fourth-order valence-corrected chi connectivity index (χ4v) is 2.19. The molecular formula is C14H19N3O2. The van der Waals surface area contributed by atoms with Crippen molar-refractivity contribution in [2.24, 2.45) is 0 Å². The number of carbonyl (C=O) groups is 2. The number of amides is 2. The lowest BCUT2D eigenvalue weighted by atomic mass is 9.97. The fraction of sp³-hybridized carbons (Fsp3) is 0.429. The quantitative estimate of drug-likeness (QED) is 0.837. The topological polar surface area (TPSA) is 61.4 Å². The van der Waals surface area contributed by atoms with E-state index >= 15 is 0 Å². The molecule has 0 saturated carbocycles. The first-order valence-electron chi connectivity index (χ1n) is 6.35. The third-order valence-electron chi connectivity index (χ3n) is 3.52. The van der Waals surface area contributed by atoms with Crippen LogP contribution in [0.25, 0.3) is 0 Å². The molecule has 19 heavy (non-hydrogen) atoms. The maximum Gasteiger partial charge on any atom is 0.254 e. The largest absolute Gasteiger partial charge is 0.388 e. The first-order chi connectivity index (χ1) is 8.96. The Balaban J connectivity index is 2.24. The maximum atomic E-state index is 12.5. The summed E-state index contributed by atoms with van der Waals surface area (Å²) in [4.78, 5) is 26.0. The number of nitrogens with one attached hydrogen (secondary N) is 2. The first kappa shape index (κ1) is 13.4. The van der Waals surface area contributed by atoms with Gasteiger partial charge < -0.3 is 15.5 Å². The normalized spacial score (nSPS) is 17.8. The molecule has 1 aromatic rings. The molecule has 0 spiro atoms. The Hall–Kier alpha value is -2.04. The Morgan fingerprint density at radius 3 is 2.53 bits per heavy atom. The van der Waals surface area contributed by atoms with Crippen LogP contribution in [-0.4, -0.2) is 42.4 Å². The zero-order valence-corrected chi connectivity index (χ0v) is 11.5. The highest BCUT2D eigenvalue weighted by atomic mass is 16.2. The average molecular weight is 261 g/mol. The van der Waals surface area contributed by atoms with Gasteiger partial charge in [0.2, 0.25) is 5.91 Å². The van der Waals surface area contributed by atoms with Crippen molar-refractivity contribution in [1.82, 2.24) is 10.2 Å². The van der Waals surface area contributed by atoms with Crippen molar-refractivity contribution in [3.63, 3.8) is 0 Å². The number of carbonyl (C=O) groups excluding carboxylic acids is 2. The highest BCUT2D eigenvalue weighted by Crippen LogP contribution is 2.21. The third-order valence-corrected chi connectivity index (χ3v) is 3.52. The summed E-state index contributed by atoms with van der Waals surface area (Å²) >= 11 is 0. The minimum absolute atomic E-state index is 0.109. The molecule has 102 valence electrons. The smallest absolute Gasteiger partial charge is 0.254 e. The lowest BCUT2D eigenvalue weighted by Gasteiger charge is -2.41. The van der Waals surface area contributed by atoms with Gasteiger partial charge in [-0.25, -0.2) is 0 Å². The van der Waals surface area contributed by atoms with Crippen molar-refractivity contribution in [3.8, 4) is 0 Å². The van der Waals surface area contributed by atoms with Crippen LogP contribution in [0.15, 0.2) is 24.3 Å². The predicted octanol–water partition coefficient (Wildman–Crippen LogP) is 1.08. The molecule has 2 N–H and O–H groups in total. The number of piperazine rings is 1. The van der Waals surface area contributed by atoms with Gasteiger partial charge in [0.1, 0.15) is 5.54 Å². The van der Waals surface area contributed by atoms with Gasteiger partial charge in [-0.3, -0.25) is 9.59 Å². The first-order valence-corrected chi connectivity index (χ1v) is 6.35. The van der Waals surface area contributed by atoms with Gasteiger partial charge in [-0.2, -0.15) is 0 Å². The fourth-order valence-electron chi connectivity index (χ4n) is 2.19. The molecule has 2 rings (SSSR count). The molecule has 1 aromatic carbocycles. The van der Waals surface area contributed by atoms with Crippen molar-refractivity contribution in [1.29, 1.82) is 0 Å². The molecule has 0 radical (unpaired) electrons. The van der Waals surface area contributed by atoms with Gasteiger partial charge in [0.25, 0.3) is 5.91 Å². The molecule has 0 atom stereocenters. The standard InChI is InChI=1S/C14H19N3O2/c1-14(2)13(19)16-8-9-17(14)12(18)10-4-6-11(15-3)7-5-10/h4-7,15H,8-9H2,1-3H3,(H,16,19). The van der Waals surface area contributed by atoms with Crippen molar-refractivity contribution in [2.45, 2.75) is 19.4 Å². The van der Waals surface area contributed by atoms with Crippen LogP contribution in [0.5, 0.6) is 0 Å². The average Bonchev–Trinajstić information content (AvgIpc) is 2.41. The maximum absolute atomic E-state index is 12.5. The second-order valence-electron chi connectivity index (χ2n) is 5.10. The van der Waals surface area contributed by atoms with Gasteiger partial charge in [-0.15, -0.1) is 0 Å². The molecule has 1 aliphatic heterocycles. The Labute approximate surface area is 113 Å². The van der Waals surface area contributed by atoms with E-state index in [2.05, 4.69) is 10.6 Å². The molecule has 0 bridgehead atoms. The van der Waals surface area contributed by atoms with E-state index in [1.807, 2.05) is 19.2 Å². The summed E-state index contributed by atoms with van der Waals surface area (Å²) in [6, 6.07) is 7.25. The number of hydrogen-bond donors (Lipinski definition) is 2. The van der Waals surface area contributed by atoms with E-state index in [0.29, 0.717) is 18.7 Å². The third kappa shape index (κ3) is 2.41. The Kier molecular flexibility index (Phi) is 3.46. The molecule has 5 heteroatoms. The van der Waals surface area contributed by atoms with E-state index in [4.69, 9.17) is 0 Å². The Bertz CT molecular complexity index is 494. The Morgan fingerprint density at radius 2 is 1.95 bits per heavy atom. The zero-order valence-electron chi connectivity index (χ0n) is 11.5. The van der Waals surface area contributed by atoms with Crippen molar-refractivity contribution < 1.29 is 9.59 Å². The minimum atomic E-state index is -0.809. The summed E-state index contributed by atoms with van der Waals surface area (Å²) < 4.78 is 0. The van der Waals surface area contributed by atoms with E-state index in [1.165, 1.54) is 0 Å². The summed E-state index contributed by atoms with van der Waals surface area (Å²) in [5, 5.41) is 5.79. The summed E-state index contributed by atoms with van der Waals surface area (Å²) in [6.07, 6.45) is 0. The van der Waals surface area contributed by atoms with E-state index in [0.717, 1.165) is 5.69 Å². The molecular weight excluding hydrogens is 242 g/mol. The Morgan fingerprint density at radius 1 is 1.32 bits per heavy atom. The summed E-state index contributed by atoms with van der Waals surface area (Å²) in [7, 11) is 1.83. The van der Waals surface area contributed by atoms with Crippen LogP contribution in [0.4, 0.5) is 5.69 Å². The van der Waals surface area contributed by atoms with Crippen LogP contribution in [0.3, 0.4) is 0 Å². The van der Waals surface area contributed by atoms with Crippen LogP contribution < -0.4 is 10.6 Å². The van der Waals surface area contributed by atoms with E-state index in [-0.39, 0.29) is 11.8 Å². The molecule has 0 aliphatic carbocycles. The monoisotopic (exact) mass is 261 g/mol. The van der Waals surface area contributed by atoms with Gasteiger partial charge in [0, 0.05) is 31.4 Å². The molecule has 0 aromatic heterocycles. The second-order valence-corrected chi connectivity index (χ2v) is 5.10. The minimum Gasteiger partial charge on any atom is -0.388 e. The van der Waals surface area contributed by atoms with Crippen LogP contribution in [0.2, 0.25) is 0 Å². The van der Waals surface area contributed by atoms with Crippen LogP contribution in [0, 0.1) is 0 Å². The number of hydrogen-bond acceptors (Lipinski definition) is 3. The van der Waals surface area contributed by atoms with Gasteiger partial charge >= 0.3 is 0 Å². The molecule has 1 fully saturated rings.